The van der Waals surface area contributed by atoms with E-state index in [4.69, 9.17) is 0 Å². The van der Waals surface area contributed by atoms with Crippen LogP contribution in [0.4, 0.5) is 0 Å². The van der Waals surface area contributed by atoms with Crippen molar-refractivity contribution in [2.45, 2.75) is 19.3 Å². The molecule has 2 rings (SSSR count). The number of methoxy groups -OCH3 is 1. The molecule has 0 unspecified atom stereocenters. The lowest BCUT2D eigenvalue weighted by molar-refractivity contribution is -0.148. The number of carbonyl (C=O) groups is 2. The van der Waals surface area contributed by atoms with Gasteiger partial charge < -0.3 is 4.74 Å². The van der Waals surface area contributed by atoms with Crippen LogP contribution in [-0.4, -0.2) is 18.9 Å². The molecule has 0 aromatic heterocycles. The van der Waals surface area contributed by atoms with E-state index in [0.29, 0.717) is 12.3 Å². The minimum absolute atomic E-state index is 0.124. The second-order valence-corrected chi connectivity index (χ2v) is 3.65. The van der Waals surface area contributed by atoms with Crippen LogP contribution < -0.4 is 0 Å². The minimum atomic E-state index is -0.199. The van der Waals surface area contributed by atoms with Gasteiger partial charge in [-0.1, -0.05) is 0 Å². The van der Waals surface area contributed by atoms with Gasteiger partial charge in [-0.3, -0.25) is 9.59 Å². The number of carbonyl (C=O) groups excluding carboxylic acids is 2. The molecule has 12 heavy (non-hydrogen) atoms. The Balaban J connectivity index is 2.10. The minimum Gasteiger partial charge on any atom is -0.469 e. The summed E-state index contributed by atoms with van der Waals surface area (Å²) in [5, 5.41) is 0. The molecule has 0 N–H and O–H groups in total. The van der Waals surface area contributed by atoms with Crippen molar-refractivity contribution < 1.29 is 14.3 Å². The number of Topliss-reactive ketones (excluding diaryl/α,β-unsaturated/α-hetero) is 1. The van der Waals surface area contributed by atoms with Crippen LogP contribution in [0.1, 0.15) is 19.3 Å². The van der Waals surface area contributed by atoms with E-state index in [9.17, 15) is 9.59 Å². The summed E-state index contributed by atoms with van der Waals surface area (Å²) in [7, 11) is 1.39. The molecule has 2 aliphatic carbocycles. The third kappa shape index (κ3) is 0.886. The fourth-order valence-electron chi connectivity index (χ4n) is 2.34. The molecule has 3 heteroatoms. The second-order valence-electron chi connectivity index (χ2n) is 3.65. The van der Waals surface area contributed by atoms with Crippen LogP contribution in [0, 0.1) is 17.8 Å². The summed E-state index contributed by atoms with van der Waals surface area (Å²) in [6.07, 6.45) is 2.43. The molecule has 2 aliphatic rings. The molecule has 0 aromatic rings. The fraction of sp³-hybridized carbons (Fsp3) is 0.778. The molecule has 0 bridgehead atoms. The lowest BCUT2D eigenvalue weighted by Gasteiger charge is -2.31. The van der Waals surface area contributed by atoms with E-state index in [1.807, 2.05) is 0 Å². The van der Waals surface area contributed by atoms with Crippen LogP contribution in [0.25, 0.3) is 0 Å². The highest BCUT2D eigenvalue weighted by atomic mass is 16.5. The molecular formula is C9H12O3. The van der Waals surface area contributed by atoms with Gasteiger partial charge in [0.05, 0.1) is 13.0 Å². The molecule has 3 atom stereocenters. The Morgan fingerprint density at radius 1 is 1.50 bits per heavy atom. The van der Waals surface area contributed by atoms with Gasteiger partial charge in [0.25, 0.3) is 0 Å². The monoisotopic (exact) mass is 168 g/mol. The van der Waals surface area contributed by atoms with E-state index in [2.05, 4.69) is 4.74 Å². The van der Waals surface area contributed by atoms with Gasteiger partial charge in [0.2, 0.25) is 0 Å². The van der Waals surface area contributed by atoms with Crippen molar-refractivity contribution in [2.75, 3.05) is 7.11 Å². The predicted octanol–water partition coefficient (Wildman–Crippen LogP) is 0.775. The maximum atomic E-state index is 11.3. The lowest BCUT2D eigenvalue weighted by Crippen LogP contribution is -2.31. The zero-order valence-corrected chi connectivity index (χ0v) is 7.08. The molecule has 0 heterocycles. The number of hydrogen-bond acceptors (Lipinski definition) is 3. The van der Waals surface area contributed by atoms with Crippen LogP contribution in [0.3, 0.4) is 0 Å². The van der Waals surface area contributed by atoms with E-state index in [0.717, 1.165) is 12.8 Å². The van der Waals surface area contributed by atoms with Gasteiger partial charge in [-0.05, 0) is 18.8 Å². The van der Waals surface area contributed by atoms with Crippen molar-refractivity contribution in [1.82, 2.24) is 0 Å². The summed E-state index contributed by atoms with van der Waals surface area (Å²) >= 11 is 0. The summed E-state index contributed by atoms with van der Waals surface area (Å²) in [4.78, 5) is 22.4. The van der Waals surface area contributed by atoms with Crippen LogP contribution in [0.2, 0.25) is 0 Å². The average molecular weight is 168 g/mol. The molecule has 0 radical (unpaired) electrons. The topological polar surface area (TPSA) is 43.4 Å². The quantitative estimate of drug-likeness (QED) is 0.543. The Labute approximate surface area is 71.1 Å². The van der Waals surface area contributed by atoms with Crippen molar-refractivity contribution in [3.63, 3.8) is 0 Å². The van der Waals surface area contributed by atoms with Gasteiger partial charge in [0, 0.05) is 12.3 Å². The molecule has 0 saturated heterocycles. The third-order valence-corrected chi connectivity index (χ3v) is 3.18. The normalized spacial score (nSPS) is 38.8. The Hall–Kier alpha value is -0.860. The first-order chi connectivity index (χ1) is 5.74. The maximum Gasteiger partial charge on any atom is 0.309 e. The van der Waals surface area contributed by atoms with E-state index < -0.39 is 0 Å². The number of esters is 1. The van der Waals surface area contributed by atoms with E-state index >= 15 is 0 Å². The first-order valence-corrected chi connectivity index (χ1v) is 4.34. The van der Waals surface area contributed by atoms with Crippen molar-refractivity contribution in [2.24, 2.45) is 17.8 Å². The molecule has 2 saturated carbocycles. The van der Waals surface area contributed by atoms with Crippen molar-refractivity contribution in [1.29, 1.82) is 0 Å². The summed E-state index contributed by atoms with van der Waals surface area (Å²) in [5.41, 5.74) is 0. The predicted molar refractivity (Wildman–Crippen MR) is 41.3 cm³/mol. The van der Waals surface area contributed by atoms with Crippen LogP contribution in [0.5, 0.6) is 0 Å². The molecule has 0 aromatic carbocycles. The Bertz CT molecular complexity index is 234. The number of rotatable bonds is 1. The van der Waals surface area contributed by atoms with Crippen LogP contribution in [0.15, 0.2) is 0 Å². The van der Waals surface area contributed by atoms with Gasteiger partial charge in [0.15, 0.2) is 0 Å². The standard InChI is InChI=1S/C9H12O3/c1-12-9(11)7-4-8(10)6-3-2-5(6)7/h5-7H,2-4H2,1H3/t5-,6+,7-/m0/s1. The summed E-state index contributed by atoms with van der Waals surface area (Å²) in [6.45, 7) is 0. The lowest BCUT2D eigenvalue weighted by atomic mass is 9.72. The van der Waals surface area contributed by atoms with Gasteiger partial charge in [-0.25, -0.2) is 0 Å². The van der Waals surface area contributed by atoms with Crippen molar-refractivity contribution in [3.8, 4) is 0 Å². The van der Waals surface area contributed by atoms with E-state index in [1.165, 1.54) is 7.11 Å². The Kier molecular flexibility index (Phi) is 1.67. The number of hydrogen-bond donors (Lipinski definition) is 0. The van der Waals surface area contributed by atoms with Gasteiger partial charge in [-0.15, -0.1) is 0 Å². The molecular weight excluding hydrogens is 156 g/mol. The number of ether oxygens (including phenoxy) is 1. The van der Waals surface area contributed by atoms with Crippen LogP contribution in [-0.2, 0) is 14.3 Å². The molecule has 0 amide bonds. The number of ketones is 1. The SMILES string of the molecule is COC(=O)[C@H]1CC(=O)[C@@H]2CC[C@H]12. The smallest absolute Gasteiger partial charge is 0.309 e. The summed E-state index contributed by atoms with van der Waals surface area (Å²) in [5.74, 6) is 0.442. The Morgan fingerprint density at radius 2 is 2.25 bits per heavy atom. The highest BCUT2D eigenvalue weighted by molar-refractivity contribution is 5.91. The maximum absolute atomic E-state index is 11.3. The molecule has 0 spiro atoms. The van der Waals surface area contributed by atoms with E-state index in [-0.39, 0.29) is 23.6 Å². The summed E-state index contributed by atoms with van der Waals surface area (Å²) < 4.78 is 4.64. The first-order valence-electron chi connectivity index (χ1n) is 4.34. The third-order valence-electron chi connectivity index (χ3n) is 3.18. The molecule has 66 valence electrons. The second kappa shape index (κ2) is 2.57. The van der Waals surface area contributed by atoms with E-state index in [1.54, 1.807) is 0 Å². The molecule has 3 nitrogen and oxygen atoms in total. The highest BCUT2D eigenvalue weighted by Crippen LogP contribution is 2.48. The molecule has 2 fully saturated rings. The average Bonchev–Trinajstić information content (AvgIpc) is 2.19. The van der Waals surface area contributed by atoms with Gasteiger partial charge >= 0.3 is 5.97 Å². The molecule has 0 aliphatic heterocycles. The fourth-order valence-corrected chi connectivity index (χ4v) is 2.34. The van der Waals surface area contributed by atoms with Gasteiger partial charge in [-0.2, -0.15) is 0 Å². The first kappa shape index (κ1) is 7.77. The highest BCUT2D eigenvalue weighted by Gasteiger charge is 2.51. The van der Waals surface area contributed by atoms with Gasteiger partial charge in [0.1, 0.15) is 5.78 Å². The largest absolute Gasteiger partial charge is 0.469 e. The zero-order chi connectivity index (χ0) is 8.72. The van der Waals surface area contributed by atoms with Crippen molar-refractivity contribution >= 4 is 11.8 Å². The zero-order valence-electron chi connectivity index (χ0n) is 7.08. The Morgan fingerprint density at radius 3 is 2.67 bits per heavy atom. The number of fused-ring (bicyclic) bond motifs is 1. The van der Waals surface area contributed by atoms with Crippen molar-refractivity contribution in [3.05, 3.63) is 0 Å². The summed E-state index contributed by atoms with van der Waals surface area (Å²) in [6, 6.07) is 0. The van der Waals surface area contributed by atoms with Crippen LogP contribution >= 0.6 is 0 Å².